The van der Waals surface area contributed by atoms with Crippen molar-refractivity contribution in [1.29, 1.82) is 0 Å². The van der Waals surface area contributed by atoms with E-state index in [-0.39, 0.29) is 35.9 Å². The molecule has 1 saturated heterocycles. The van der Waals surface area contributed by atoms with E-state index >= 15 is 0 Å². The smallest absolute Gasteiger partial charge is 0.242 e. The third kappa shape index (κ3) is 3.23. The fourth-order valence-electron chi connectivity index (χ4n) is 1.39. The second-order valence-electron chi connectivity index (χ2n) is 4.02. The Balaban J connectivity index is 2.37. The summed E-state index contributed by atoms with van der Waals surface area (Å²) in [6.45, 7) is 3.75. The van der Waals surface area contributed by atoms with E-state index in [0.717, 1.165) is 4.90 Å². The van der Waals surface area contributed by atoms with Crippen molar-refractivity contribution in [2.45, 2.75) is 31.6 Å². The summed E-state index contributed by atoms with van der Waals surface area (Å²) in [5.74, 6) is -0.260. The normalized spacial score (nSPS) is 20.8. The van der Waals surface area contributed by atoms with Crippen molar-refractivity contribution >= 4 is 29.5 Å². The van der Waals surface area contributed by atoms with E-state index in [1.54, 1.807) is 0 Å². The maximum absolute atomic E-state index is 11.5. The van der Waals surface area contributed by atoms with Crippen molar-refractivity contribution in [3.05, 3.63) is 0 Å². The fraction of sp³-hybridized carbons (Fsp3) is 0.700. The third-order valence-corrected chi connectivity index (χ3v) is 3.40. The molecule has 1 heterocycles. The monoisotopic (exact) mass is 244 g/mol. The number of carbonyl (C=O) groups excluding carboxylic acids is 3. The van der Waals surface area contributed by atoms with Gasteiger partial charge in [-0.05, 0) is 13.8 Å². The minimum atomic E-state index is -0.393. The quantitative estimate of drug-likeness (QED) is 0.707. The van der Waals surface area contributed by atoms with Crippen LogP contribution in [0.15, 0.2) is 0 Å². The lowest BCUT2D eigenvalue weighted by Gasteiger charge is -2.10. The van der Waals surface area contributed by atoms with Gasteiger partial charge in [-0.2, -0.15) is 0 Å². The summed E-state index contributed by atoms with van der Waals surface area (Å²) in [7, 11) is 1.47. The lowest BCUT2D eigenvalue weighted by molar-refractivity contribution is -0.136. The Labute approximate surface area is 98.9 Å². The molecular formula is C10H16N2O3S. The average molecular weight is 244 g/mol. The molecule has 0 aromatic carbocycles. The van der Waals surface area contributed by atoms with Crippen LogP contribution in [0.5, 0.6) is 0 Å². The molecule has 1 unspecified atom stereocenters. The molecule has 0 spiro atoms. The number of hydrogen-bond donors (Lipinski definition) is 1. The van der Waals surface area contributed by atoms with Crippen LogP contribution in [0.1, 0.15) is 20.3 Å². The number of carbonyl (C=O) groups is 3. The predicted octanol–water partition coefficient (Wildman–Crippen LogP) is 0.00150. The highest BCUT2D eigenvalue weighted by Crippen LogP contribution is 2.23. The molecule has 3 amide bonds. The van der Waals surface area contributed by atoms with Gasteiger partial charge in [-0.1, -0.05) is 0 Å². The Bertz CT molecular complexity index is 317. The van der Waals surface area contributed by atoms with Crippen molar-refractivity contribution in [2.24, 2.45) is 0 Å². The van der Waals surface area contributed by atoms with Crippen LogP contribution >= 0.6 is 11.8 Å². The molecule has 0 bridgehead atoms. The number of hydrogen-bond acceptors (Lipinski definition) is 4. The summed E-state index contributed by atoms with van der Waals surface area (Å²) >= 11 is 1.23. The van der Waals surface area contributed by atoms with E-state index in [9.17, 15) is 14.4 Å². The highest BCUT2D eigenvalue weighted by atomic mass is 32.2. The van der Waals surface area contributed by atoms with Crippen LogP contribution < -0.4 is 5.32 Å². The summed E-state index contributed by atoms with van der Waals surface area (Å²) in [6, 6.07) is 0.0942. The minimum absolute atomic E-state index is 0.0942. The van der Waals surface area contributed by atoms with Crippen molar-refractivity contribution < 1.29 is 14.4 Å². The standard InChI is InChI=1S/C10H16N2O3S/c1-6(2)11-8(13)5-16-7-4-9(14)12(3)10(7)15/h6-7H,4-5H2,1-3H3,(H,11,13). The van der Waals surface area contributed by atoms with Crippen LogP contribution in [0.4, 0.5) is 0 Å². The molecule has 5 nitrogen and oxygen atoms in total. The fourth-order valence-corrected chi connectivity index (χ4v) is 2.39. The largest absolute Gasteiger partial charge is 0.353 e. The maximum atomic E-state index is 11.5. The topological polar surface area (TPSA) is 66.5 Å². The van der Waals surface area contributed by atoms with Gasteiger partial charge in [0.2, 0.25) is 17.7 Å². The molecule has 1 rings (SSSR count). The first-order valence-electron chi connectivity index (χ1n) is 5.13. The van der Waals surface area contributed by atoms with Crippen LogP contribution in [0.25, 0.3) is 0 Å². The van der Waals surface area contributed by atoms with Gasteiger partial charge in [0.05, 0.1) is 11.0 Å². The second-order valence-corrected chi connectivity index (χ2v) is 5.21. The van der Waals surface area contributed by atoms with E-state index < -0.39 is 5.25 Å². The Kier molecular flexibility index (Phi) is 4.35. The van der Waals surface area contributed by atoms with Gasteiger partial charge >= 0.3 is 0 Å². The van der Waals surface area contributed by atoms with Gasteiger partial charge in [0.15, 0.2) is 0 Å². The highest BCUT2D eigenvalue weighted by molar-refractivity contribution is 8.01. The lowest BCUT2D eigenvalue weighted by Crippen LogP contribution is -2.33. The van der Waals surface area contributed by atoms with Gasteiger partial charge < -0.3 is 5.32 Å². The lowest BCUT2D eigenvalue weighted by atomic mass is 10.4. The zero-order valence-electron chi connectivity index (χ0n) is 9.65. The number of rotatable bonds is 4. The van der Waals surface area contributed by atoms with E-state index in [0.29, 0.717) is 0 Å². The van der Waals surface area contributed by atoms with E-state index in [2.05, 4.69) is 5.32 Å². The minimum Gasteiger partial charge on any atom is -0.353 e. The molecule has 0 aromatic rings. The number of likely N-dealkylation sites (tertiary alicyclic amines) is 1. The van der Waals surface area contributed by atoms with Gasteiger partial charge in [-0.3, -0.25) is 19.3 Å². The van der Waals surface area contributed by atoms with Crippen LogP contribution in [-0.2, 0) is 14.4 Å². The summed E-state index contributed by atoms with van der Waals surface area (Å²) in [6.07, 6.45) is 0.203. The second kappa shape index (κ2) is 5.34. The first-order chi connectivity index (χ1) is 7.41. The summed E-state index contributed by atoms with van der Waals surface area (Å²) in [4.78, 5) is 35.2. The Morgan fingerprint density at radius 1 is 1.56 bits per heavy atom. The molecule has 1 N–H and O–H groups in total. The Hall–Kier alpha value is -1.04. The van der Waals surface area contributed by atoms with E-state index in [1.807, 2.05) is 13.8 Å². The number of nitrogens with one attached hydrogen (secondary N) is 1. The zero-order chi connectivity index (χ0) is 12.3. The van der Waals surface area contributed by atoms with Gasteiger partial charge in [-0.25, -0.2) is 0 Å². The molecule has 1 fully saturated rings. The van der Waals surface area contributed by atoms with Crippen molar-refractivity contribution in [1.82, 2.24) is 10.2 Å². The third-order valence-electron chi connectivity index (χ3n) is 2.21. The molecule has 1 aliphatic rings. The molecule has 16 heavy (non-hydrogen) atoms. The molecule has 0 aromatic heterocycles. The molecule has 0 aliphatic carbocycles. The van der Waals surface area contributed by atoms with Crippen molar-refractivity contribution in [3.63, 3.8) is 0 Å². The van der Waals surface area contributed by atoms with Crippen LogP contribution in [-0.4, -0.2) is 46.7 Å². The van der Waals surface area contributed by atoms with Crippen molar-refractivity contribution in [3.8, 4) is 0 Å². The maximum Gasteiger partial charge on any atom is 0.242 e. The molecule has 1 atom stereocenters. The number of imide groups is 1. The SMILES string of the molecule is CC(C)NC(=O)CSC1CC(=O)N(C)C1=O. The first kappa shape index (κ1) is 13.0. The Morgan fingerprint density at radius 3 is 2.62 bits per heavy atom. The van der Waals surface area contributed by atoms with E-state index in [1.165, 1.54) is 18.8 Å². The number of amides is 3. The van der Waals surface area contributed by atoms with E-state index in [4.69, 9.17) is 0 Å². The van der Waals surface area contributed by atoms with Crippen molar-refractivity contribution in [2.75, 3.05) is 12.8 Å². The summed E-state index contributed by atoms with van der Waals surface area (Å²) in [5, 5.41) is 2.34. The molecule has 90 valence electrons. The molecular weight excluding hydrogens is 228 g/mol. The molecule has 6 heteroatoms. The molecule has 1 aliphatic heterocycles. The Morgan fingerprint density at radius 2 is 2.19 bits per heavy atom. The van der Waals surface area contributed by atoms with Gasteiger partial charge in [0, 0.05) is 19.5 Å². The van der Waals surface area contributed by atoms with Crippen LogP contribution in [0.3, 0.4) is 0 Å². The molecule has 0 saturated carbocycles. The zero-order valence-corrected chi connectivity index (χ0v) is 10.5. The average Bonchev–Trinajstić information content (AvgIpc) is 2.42. The van der Waals surface area contributed by atoms with Crippen LogP contribution in [0.2, 0.25) is 0 Å². The first-order valence-corrected chi connectivity index (χ1v) is 6.18. The number of nitrogens with zero attached hydrogens (tertiary/aromatic N) is 1. The van der Waals surface area contributed by atoms with Gasteiger partial charge in [0.1, 0.15) is 0 Å². The molecule has 0 radical (unpaired) electrons. The van der Waals surface area contributed by atoms with Gasteiger partial charge in [-0.15, -0.1) is 11.8 Å². The highest BCUT2D eigenvalue weighted by Gasteiger charge is 2.36. The van der Waals surface area contributed by atoms with Gasteiger partial charge in [0.25, 0.3) is 0 Å². The summed E-state index contributed by atoms with van der Waals surface area (Å²) in [5.41, 5.74) is 0. The van der Waals surface area contributed by atoms with Crippen LogP contribution in [0, 0.1) is 0 Å². The summed E-state index contributed by atoms with van der Waals surface area (Å²) < 4.78 is 0. The predicted molar refractivity (Wildman–Crippen MR) is 61.9 cm³/mol. The number of thioether (sulfide) groups is 1.